The predicted octanol–water partition coefficient (Wildman–Crippen LogP) is 3.66. The predicted molar refractivity (Wildman–Crippen MR) is 525 cm³/mol. The molecule has 3 aromatic heterocycles. The van der Waals surface area contributed by atoms with Crippen LogP contribution in [0.3, 0.4) is 0 Å². The zero-order chi connectivity index (χ0) is 102. The Morgan fingerprint density at radius 3 is 0.938 bits per heavy atom. The number of ether oxygens (including phenoxy) is 12. The molecular weight excluding hydrogens is 1890 g/mol. The van der Waals surface area contributed by atoms with Gasteiger partial charge in [0.25, 0.3) is 0 Å². The molecule has 0 saturated heterocycles. The number of aromatic nitrogens is 12. The van der Waals surface area contributed by atoms with Gasteiger partial charge in [0.15, 0.2) is 17.5 Å². The molecule has 0 aliphatic heterocycles. The Labute approximate surface area is 917 Å². The van der Waals surface area contributed by atoms with Gasteiger partial charge in [0, 0.05) is 68.3 Å². The number of hydrogen-bond acceptors (Lipinski definition) is 33. The van der Waals surface area contributed by atoms with Crippen molar-refractivity contribution in [1.82, 2.24) is 60.6 Å². The van der Waals surface area contributed by atoms with Crippen molar-refractivity contribution in [2.24, 2.45) is 45.8 Å². The molecule has 8 atom stereocenters. The number of rotatable bonds is 72. The minimum Gasteiger partial charge on any atom is -0.550 e. The molecule has 39 heteroatoms. The van der Waals surface area contributed by atoms with E-state index in [9.17, 15) is 35.1 Å². The Hall–Kier alpha value is -8.13. The smallest absolute Gasteiger partial charge is 0.550 e. The number of carboxylic acids is 2. The number of hydrogen-bond donors (Lipinski definition) is 6. The Balaban J connectivity index is 0.00000529. The summed E-state index contributed by atoms with van der Waals surface area (Å²) in [5.74, 6) is 2.62. The van der Waals surface area contributed by atoms with Gasteiger partial charge in [-0.3, -0.25) is 0 Å². The van der Waals surface area contributed by atoms with Crippen molar-refractivity contribution in [3.63, 3.8) is 0 Å². The van der Waals surface area contributed by atoms with Crippen molar-refractivity contribution in [3.05, 3.63) is 170 Å². The first kappa shape index (κ1) is 126. The fourth-order valence-corrected chi connectivity index (χ4v) is 16.0. The van der Waals surface area contributed by atoms with Gasteiger partial charge in [-0.15, -0.1) is 15.3 Å². The summed E-state index contributed by atoms with van der Waals surface area (Å²) in [4.78, 5) is 40.3. The topological polar surface area (TPSA) is 477 Å². The van der Waals surface area contributed by atoms with Gasteiger partial charge < -0.3 is 114 Å². The number of aliphatic carboxylic acids is 2. The first-order valence-electron chi connectivity index (χ1n) is 48.9. The summed E-state index contributed by atoms with van der Waals surface area (Å²) in [7, 11) is 0. The van der Waals surface area contributed by atoms with E-state index in [0.717, 1.165) is 83.9 Å². The van der Waals surface area contributed by atoms with Crippen LogP contribution in [0.5, 0.6) is 34.5 Å². The van der Waals surface area contributed by atoms with Crippen molar-refractivity contribution in [3.8, 4) is 102 Å². The fourth-order valence-electron chi connectivity index (χ4n) is 16.0. The Morgan fingerprint density at radius 1 is 0.352 bits per heavy atom. The summed E-state index contributed by atoms with van der Waals surface area (Å²) >= 11 is 0. The first-order chi connectivity index (χ1) is 68.5. The van der Waals surface area contributed by atoms with Crippen molar-refractivity contribution in [2.45, 2.75) is 184 Å². The van der Waals surface area contributed by atoms with E-state index in [4.69, 9.17) is 81.8 Å². The summed E-state index contributed by atoms with van der Waals surface area (Å²) in [5, 5.41) is 121. The standard InChI is InChI=1S/C105H145N12O22.CO2.3Na/c1-75(13-15-84(101(124)125)65-103(4,5)44-51-130-53-46-118)41-49-128-56-58-133-71-89(121)67-115-98(106-109-112-115)81-23-35-95(36-24-81)137-92-29-17-78(18-30-92)86-62-87(64-88(63-86)80-21-33-94(34-22-80)139-97-39-27-83(28-40-97)100-108-111-114-117(100)69-91(123)73-135-61-60-132-70-77(3)12-10-11-43-105(8,9)74-136-55-48-120)79-19-31-93(32-20-79)138-96-37-25-82(26-38-96)99-107-110-113-116(99)68-90(122)72-134-59-57-129-50-42-76(2)14-16-85(102(126)127)66-104(6,7)45-52-131-54-47-119;2-1-3;;;/h11,17-40,62-64,75-77,84-85,89-91,118-123H,10,12-16,41-61,65-74H2,1-9H3,(H,124,125)(H,126,127);;;;/q-1;;3*+1/p-2. The molecule has 8 unspecified atom stereocenters. The maximum absolute atomic E-state index is 12.0. The molecule has 0 aliphatic rings. The van der Waals surface area contributed by atoms with E-state index in [1.807, 2.05) is 173 Å². The van der Waals surface area contributed by atoms with Crippen LogP contribution in [0.1, 0.15) is 146 Å². The third-order valence-electron chi connectivity index (χ3n) is 24.1. The Morgan fingerprint density at radius 2 is 0.634 bits per heavy atom. The van der Waals surface area contributed by atoms with E-state index < -0.39 is 42.1 Å². The molecule has 10 aromatic rings. The number of aliphatic hydroxyl groups excluding tert-OH is 6. The van der Waals surface area contributed by atoms with Gasteiger partial charge >= 0.3 is 94.8 Å². The van der Waals surface area contributed by atoms with E-state index in [1.165, 1.54) is 9.36 Å². The SMILES string of the molecule is CC(CCOCCOCC(O)Cn1nnnc1-c1ccc(Oc2ccc(-c3cc(-c4ccc(Oc5ccc(-c6nnnn6CC(O)COCCOCCC(C)CCC(CC(C)(C)CCOCCO)C(=O)[O-])cc5)cc4)cc(-c4ccc(Oc5ccc(-c6nnnn6CC(O)COCCOCC(C)CC[CH-]CC(C)(C)COCCO)cc5)cc4)c3)cc2)cc1)CCC(CC(C)(C)CCOCCO)C(=O)[O-].O=C=O.[Na+].[Na+].[Na+]. The third-order valence-corrected chi connectivity index (χ3v) is 24.1. The molecule has 6 N–H and O–H groups in total. The largest absolute Gasteiger partial charge is 1.00 e. The normalized spacial score (nSPS) is 13.3. The molecule has 0 saturated carbocycles. The van der Waals surface area contributed by atoms with Crippen LogP contribution < -0.4 is 113 Å². The monoisotopic (exact) mass is 2040 g/mol. The third kappa shape index (κ3) is 47.3. The summed E-state index contributed by atoms with van der Waals surface area (Å²) in [6, 6.07) is 52.3. The summed E-state index contributed by atoms with van der Waals surface area (Å²) in [6.45, 7) is 25.1. The van der Waals surface area contributed by atoms with Crippen LogP contribution in [0, 0.1) is 52.3 Å². The Bertz CT molecular complexity index is 5040. The molecule has 7 aromatic carbocycles. The second-order valence-electron chi connectivity index (χ2n) is 38.4. The van der Waals surface area contributed by atoms with Crippen molar-refractivity contribution in [2.75, 3.05) is 139 Å². The van der Waals surface area contributed by atoms with E-state index in [0.29, 0.717) is 180 Å². The van der Waals surface area contributed by atoms with Crippen LogP contribution in [0.4, 0.5) is 0 Å². The fraction of sp³-hybridized carbons (Fsp3) is 0.538. The van der Waals surface area contributed by atoms with Crippen LogP contribution in [0.15, 0.2) is 164 Å². The van der Waals surface area contributed by atoms with E-state index in [-0.39, 0.29) is 209 Å². The van der Waals surface area contributed by atoms with Gasteiger partial charge in [-0.2, -0.15) is 22.4 Å². The van der Waals surface area contributed by atoms with Gasteiger partial charge in [-0.25, -0.2) is 14.0 Å². The van der Waals surface area contributed by atoms with E-state index in [2.05, 4.69) is 106 Å². The van der Waals surface area contributed by atoms with E-state index in [1.54, 1.807) is 4.68 Å². The van der Waals surface area contributed by atoms with Crippen LogP contribution in [0.2, 0.25) is 0 Å². The molecule has 0 bridgehead atoms. The van der Waals surface area contributed by atoms with Gasteiger partial charge in [-0.05, 0) is 289 Å². The number of carboxylic acid groups (broad SMARTS) is 2. The summed E-state index contributed by atoms with van der Waals surface area (Å²) < 4.78 is 75.0. The number of unbranched alkanes of at least 4 members (excludes halogenated alkanes) is 1. The van der Waals surface area contributed by atoms with E-state index >= 15 is 0 Å². The van der Waals surface area contributed by atoms with Crippen LogP contribution >= 0.6 is 0 Å². The quantitative estimate of drug-likeness (QED) is 0.0180. The minimum absolute atomic E-state index is 0. The van der Waals surface area contributed by atoms with Gasteiger partial charge in [0.2, 0.25) is 0 Å². The molecule has 3 heterocycles. The van der Waals surface area contributed by atoms with Crippen molar-refractivity contribution in [1.29, 1.82) is 0 Å². The minimum atomic E-state index is -1.04. The number of aliphatic hydroxyl groups is 6. The van der Waals surface area contributed by atoms with Crippen LogP contribution in [-0.2, 0) is 81.4 Å². The molecule has 0 fully saturated rings. The molecule has 145 heavy (non-hydrogen) atoms. The second kappa shape index (κ2) is 68.6. The molecule has 0 radical (unpaired) electrons. The van der Waals surface area contributed by atoms with Crippen LogP contribution in [0.25, 0.3) is 67.5 Å². The molecule has 0 spiro atoms. The number of nitrogens with zero attached hydrogens (tertiary/aromatic N) is 12. The second-order valence-corrected chi connectivity index (χ2v) is 38.4. The number of benzene rings is 7. The molecular formula is C106H143N12Na3O24. The summed E-state index contributed by atoms with van der Waals surface area (Å²) in [6.07, 6.45) is 9.11. The average molecular weight is 2040 g/mol. The zero-order valence-electron chi connectivity index (χ0n) is 86.3. The molecule has 0 amide bonds. The molecule has 36 nitrogen and oxygen atoms in total. The number of tetrazole rings is 3. The molecule has 10 rings (SSSR count). The maximum atomic E-state index is 12.0. The average Bonchev–Trinajstić information content (AvgIpc) is 1.46. The zero-order valence-corrected chi connectivity index (χ0v) is 92.3. The first-order valence-corrected chi connectivity index (χ1v) is 48.9. The number of carbonyl (C=O) groups is 2. The maximum Gasteiger partial charge on any atom is 1.00 e. The molecule has 0 aliphatic carbocycles. The number of carbonyl (C=O) groups excluding carboxylic acids is 4. The summed E-state index contributed by atoms with van der Waals surface area (Å²) in [5.41, 5.74) is 7.32. The van der Waals surface area contributed by atoms with Gasteiger partial charge in [0.05, 0.1) is 137 Å². The Kier molecular flexibility index (Phi) is 59.4. The molecule has 774 valence electrons. The van der Waals surface area contributed by atoms with Crippen molar-refractivity contribution >= 4 is 18.1 Å². The van der Waals surface area contributed by atoms with Crippen molar-refractivity contribution < 1.29 is 206 Å². The van der Waals surface area contributed by atoms with Gasteiger partial charge in [-0.1, -0.05) is 118 Å². The van der Waals surface area contributed by atoms with Gasteiger partial charge in [0.1, 0.15) is 34.5 Å². The van der Waals surface area contributed by atoms with Crippen LogP contribution in [-0.4, -0.2) is 266 Å².